The van der Waals surface area contributed by atoms with Crippen LogP contribution in [0.4, 0.5) is 0 Å². The van der Waals surface area contributed by atoms with Crippen molar-refractivity contribution in [2.45, 2.75) is 76.4 Å². The number of amides is 1. The standard InChI is InChI=1S/C26H35N3O3/c1-20(29-19-27-23(18-25(29)31)22-10-6-3-7-11-22)26(32)14-16-28(17-15-26)24(30)13-12-21-8-4-2-5-9-21/h3,6-7,10-11,18-21,32H,2,4-5,8-9,12-17H2,1H3. The third-order valence-corrected chi connectivity index (χ3v) is 7.57. The minimum Gasteiger partial charge on any atom is -0.388 e. The molecule has 1 unspecified atom stereocenters. The van der Waals surface area contributed by atoms with E-state index in [1.54, 1.807) is 0 Å². The average molecular weight is 438 g/mol. The van der Waals surface area contributed by atoms with Gasteiger partial charge in [-0.15, -0.1) is 0 Å². The molecule has 1 aliphatic heterocycles. The van der Waals surface area contributed by atoms with Gasteiger partial charge in [0.2, 0.25) is 5.91 Å². The van der Waals surface area contributed by atoms with E-state index < -0.39 is 11.6 Å². The van der Waals surface area contributed by atoms with Gasteiger partial charge in [-0.2, -0.15) is 0 Å². The number of piperidine rings is 1. The molecule has 32 heavy (non-hydrogen) atoms. The monoisotopic (exact) mass is 437 g/mol. The van der Waals surface area contributed by atoms with Crippen LogP contribution in [0.3, 0.4) is 0 Å². The number of rotatable bonds is 6. The quantitative estimate of drug-likeness (QED) is 0.735. The lowest BCUT2D eigenvalue weighted by Gasteiger charge is -2.42. The average Bonchev–Trinajstić information content (AvgIpc) is 2.84. The molecule has 0 bridgehead atoms. The number of nitrogens with zero attached hydrogens (tertiary/aromatic N) is 3. The van der Waals surface area contributed by atoms with Crippen molar-refractivity contribution in [1.82, 2.24) is 14.5 Å². The molecule has 1 atom stereocenters. The Morgan fingerprint density at radius 2 is 1.84 bits per heavy atom. The van der Waals surface area contributed by atoms with Gasteiger partial charge in [-0.05, 0) is 32.1 Å². The zero-order valence-corrected chi connectivity index (χ0v) is 19.1. The fourth-order valence-corrected chi connectivity index (χ4v) is 5.25. The third kappa shape index (κ3) is 5.12. The van der Waals surface area contributed by atoms with E-state index in [4.69, 9.17) is 0 Å². The number of likely N-dealkylation sites (tertiary alicyclic amines) is 1. The molecule has 1 N–H and O–H groups in total. The highest BCUT2D eigenvalue weighted by Crippen LogP contribution is 2.33. The SMILES string of the molecule is CC(n1cnc(-c2ccccc2)cc1=O)C1(O)CCN(C(=O)CCC2CCCCC2)CC1. The van der Waals surface area contributed by atoms with Crippen LogP contribution in [0.5, 0.6) is 0 Å². The lowest BCUT2D eigenvalue weighted by atomic mass is 9.84. The maximum atomic E-state index is 12.8. The minimum absolute atomic E-state index is 0.175. The van der Waals surface area contributed by atoms with Crippen molar-refractivity contribution in [3.63, 3.8) is 0 Å². The van der Waals surface area contributed by atoms with E-state index in [2.05, 4.69) is 4.98 Å². The molecule has 1 amide bonds. The predicted octanol–water partition coefficient (Wildman–Crippen LogP) is 4.19. The van der Waals surface area contributed by atoms with Gasteiger partial charge in [0.15, 0.2) is 0 Å². The van der Waals surface area contributed by atoms with Gasteiger partial charge < -0.3 is 10.0 Å². The highest BCUT2D eigenvalue weighted by atomic mass is 16.3. The molecule has 2 aromatic rings. The highest BCUT2D eigenvalue weighted by Gasteiger charge is 2.39. The van der Waals surface area contributed by atoms with Crippen molar-refractivity contribution in [2.24, 2.45) is 5.92 Å². The van der Waals surface area contributed by atoms with Gasteiger partial charge in [0.05, 0.1) is 23.7 Å². The maximum absolute atomic E-state index is 12.8. The Balaban J connectivity index is 1.35. The van der Waals surface area contributed by atoms with Crippen molar-refractivity contribution >= 4 is 5.91 Å². The summed E-state index contributed by atoms with van der Waals surface area (Å²) in [5, 5.41) is 11.3. The molecule has 2 aliphatic rings. The predicted molar refractivity (Wildman–Crippen MR) is 125 cm³/mol. The van der Waals surface area contributed by atoms with Crippen molar-refractivity contribution in [2.75, 3.05) is 13.1 Å². The molecule has 1 aromatic carbocycles. The second kappa shape index (κ2) is 9.99. The van der Waals surface area contributed by atoms with Crippen LogP contribution in [0.1, 0.15) is 70.8 Å². The lowest BCUT2D eigenvalue weighted by Crippen LogP contribution is -2.51. The van der Waals surface area contributed by atoms with Crippen LogP contribution in [0.2, 0.25) is 0 Å². The first-order chi connectivity index (χ1) is 15.5. The fourth-order valence-electron chi connectivity index (χ4n) is 5.25. The Morgan fingerprint density at radius 1 is 1.16 bits per heavy atom. The van der Waals surface area contributed by atoms with Crippen molar-refractivity contribution in [1.29, 1.82) is 0 Å². The van der Waals surface area contributed by atoms with Crippen LogP contribution in [0, 0.1) is 5.92 Å². The molecular formula is C26H35N3O3. The van der Waals surface area contributed by atoms with Crippen molar-refractivity contribution in [3.05, 3.63) is 53.1 Å². The van der Waals surface area contributed by atoms with Crippen LogP contribution < -0.4 is 5.56 Å². The summed E-state index contributed by atoms with van der Waals surface area (Å²) >= 11 is 0. The highest BCUT2D eigenvalue weighted by molar-refractivity contribution is 5.76. The van der Waals surface area contributed by atoms with E-state index >= 15 is 0 Å². The van der Waals surface area contributed by atoms with E-state index in [-0.39, 0.29) is 11.5 Å². The minimum atomic E-state index is -1.03. The summed E-state index contributed by atoms with van der Waals surface area (Å²) in [5.74, 6) is 0.906. The topological polar surface area (TPSA) is 75.4 Å². The molecule has 0 radical (unpaired) electrons. The van der Waals surface area contributed by atoms with E-state index in [9.17, 15) is 14.7 Å². The Morgan fingerprint density at radius 3 is 2.50 bits per heavy atom. The second-order valence-electron chi connectivity index (χ2n) is 9.59. The Labute approximate surface area is 190 Å². The number of hydrogen-bond donors (Lipinski definition) is 1. The summed E-state index contributed by atoms with van der Waals surface area (Å²) in [6.45, 7) is 2.94. The molecule has 1 saturated heterocycles. The summed E-state index contributed by atoms with van der Waals surface area (Å²) in [6, 6.07) is 10.7. The lowest BCUT2D eigenvalue weighted by molar-refractivity contribution is -0.137. The summed E-state index contributed by atoms with van der Waals surface area (Å²) in [7, 11) is 0. The third-order valence-electron chi connectivity index (χ3n) is 7.57. The van der Waals surface area contributed by atoms with Gasteiger partial charge in [-0.1, -0.05) is 62.4 Å². The molecule has 1 aliphatic carbocycles. The molecule has 1 saturated carbocycles. The zero-order valence-electron chi connectivity index (χ0n) is 19.1. The Bertz CT molecular complexity index is 958. The fraction of sp³-hybridized carbons (Fsp3) is 0.577. The molecule has 4 rings (SSSR count). The number of aromatic nitrogens is 2. The molecule has 6 nitrogen and oxygen atoms in total. The van der Waals surface area contributed by atoms with Crippen LogP contribution in [-0.2, 0) is 4.79 Å². The number of hydrogen-bond acceptors (Lipinski definition) is 4. The molecule has 172 valence electrons. The molecule has 0 spiro atoms. The molecule has 2 fully saturated rings. The molecular weight excluding hydrogens is 402 g/mol. The first-order valence-electron chi connectivity index (χ1n) is 12.1. The van der Waals surface area contributed by atoms with E-state index in [1.807, 2.05) is 42.2 Å². The van der Waals surface area contributed by atoms with Gasteiger partial charge in [0, 0.05) is 31.1 Å². The van der Waals surface area contributed by atoms with E-state index in [0.717, 1.165) is 12.0 Å². The van der Waals surface area contributed by atoms with E-state index in [0.29, 0.717) is 44.0 Å². The van der Waals surface area contributed by atoms with Crippen LogP contribution >= 0.6 is 0 Å². The van der Waals surface area contributed by atoms with Crippen LogP contribution in [0.25, 0.3) is 11.3 Å². The van der Waals surface area contributed by atoms with Gasteiger partial charge in [0.1, 0.15) is 0 Å². The first kappa shape index (κ1) is 22.7. The second-order valence-corrected chi connectivity index (χ2v) is 9.59. The first-order valence-corrected chi connectivity index (χ1v) is 12.1. The summed E-state index contributed by atoms with van der Waals surface area (Å²) in [4.78, 5) is 31.8. The number of carbonyl (C=O) groups is 1. The van der Waals surface area contributed by atoms with Crippen LogP contribution in [0.15, 0.2) is 47.5 Å². The summed E-state index contributed by atoms with van der Waals surface area (Å²) < 4.78 is 1.52. The number of benzene rings is 1. The molecule has 1 aromatic heterocycles. The molecule has 6 heteroatoms. The Hall–Kier alpha value is -2.47. The van der Waals surface area contributed by atoms with Crippen molar-refractivity contribution in [3.8, 4) is 11.3 Å². The van der Waals surface area contributed by atoms with E-state index in [1.165, 1.54) is 49.1 Å². The smallest absolute Gasteiger partial charge is 0.254 e. The normalized spacial score (nSPS) is 20.1. The van der Waals surface area contributed by atoms with Crippen LogP contribution in [-0.4, -0.2) is 44.2 Å². The number of aliphatic hydroxyl groups is 1. The van der Waals surface area contributed by atoms with Gasteiger partial charge >= 0.3 is 0 Å². The van der Waals surface area contributed by atoms with Gasteiger partial charge in [-0.3, -0.25) is 14.2 Å². The largest absolute Gasteiger partial charge is 0.388 e. The molecule has 2 heterocycles. The van der Waals surface area contributed by atoms with Crippen molar-refractivity contribution < 1.29 is 9.90 Å². The summed E-state index contributed by atoms with van der Waals surface area (Å²) in [5.41, 5.74) is 0.318. The number of carbonyl (C=O) groups excluding carboxylic acids is 1. The zero-order chi connectivity index (χ0) is 22.6. The Kier molecular flexibility index (Phi) is 7.09. The maximum Gasteiger partial charge on any atom is 0.254 e. The van der Waals surface area contributed by atoms with Gasteiger partial charge in [-0.25, -0.2) is 4.98 Å². The van der Waals surface area contributed by atoms with Gasteiger partial charge in [0.25, 0.3) is 5.56 Å². The summed E-state index contributed by atoms with van der Waals surface area (Å²) in [6.07, 6.45) is 10.5.